The summed E-state index contributed by atoms with van der Waals surface area (Å²) in [6.45, 7) is 6.84. The molecule has 0 aromatic rings. The topological polar surface area (TPSA) is 49.6 Å². The molecular weight excluding hydrogens is 238 g/mol. The van der Waals surface area contributed by atoms with Crippen LogP contribution in [0.25, 0.3) is 0 Å². The average molecular weight is 267 g/mol. The van der Waals surface area contributed by atoms with E-state index in [1.165, 1.54) is 12.8 Å². The lowest BCUT2D eigenvalue weighted by Gasteiger charge is -2.37. The number of fused-ring (bicyclic) bond motifs is 2. The Hall–Kier alpha value is -0.610. The van der Waals surface area contributed by atoms with Crippen molar-refractivity contribution in [1.29, 1.82) is 0 Å². The summed E-state index contributed by atoms with van der Waals surface area (Å²) in [4.78, 5) is 16.5. The van der Waals surface area contributed by atoms with Gasteiger partial charge in [-0.05, 0) is 52.5 Å². The molecule has 4 nitrogen and oxygen atoms in total. The van der Waals surface area contributed by atoms with E-state index in [1.807, 2.05) is 18.7 Å². The minimum Gasteiger partial charge on any atom is -0.343 e. The van der Waals surface area contributed by atoms with Gasteiger partial charge in [-0.3, -0.25) is 9.69 Å². The van der Waals surface area contributed by atoms with Gasteiger partial charge in [-0.1, -0.05) is 0 Å². The van der Waals surface area contributed by atoms with Crippen molar-refractivity contribution in [2.24, 2.45) is 5.73 Å². The first-order valence-corrected chi connectivity index (χ1v) is 7.94. The van der Waals surface area contributed by atoms with Crippen molar-refractivity contribution in [3.63, 3.8) is 0 Å². The van der Waals surface area contributed by atoms with Crippen LogP contribution in [0.3, 0.4) is 0 Å². The highest BCUT2D eigenvalue weighted by atomic mass is 16.2. The molecule has 0 aromatic carbocycles. The number of carbonyl (C=O) groups is 1. The van der Waals surface area contributed by atoms with Crippen LogP contribution < -0.4 is 5.73 Å². The number of hydrogen-bond acceptors (Lipinski definition) is 3. The molecule has 0 saturated carbocycles. The molecule has 4 heteroatoms. The predicted molar refractivity (Wildman–Crippen MR) is 77.9 cm³/mol. The molecule has 2 atom stereocenters. The van der Waals surface area contributed by atoms with Crippen LogP contribution in [0.5, 0.6) is 0 Å². The number of amides is 1. The van der Waals surface area contributed by atoms with Gasteiger partial charge < -0.3 is 10.6 Å². The van der Waals surface area contributed by atoms with Crippen molar-refractivity contribution in [3.8, 4) is 0 Å². The number of piperidine rings is 1. The number of nitrogens with two attached hydrogens (primary N) is 1. The summed E-state index contributed by atoms with van der Waals surface area (Å²) in [5.41, 5.74) is 6.08. The van der Waals surface area contributed by atoms with Crippen molar-refractivity contribution >= 4 is 5.91 Å². The maximum absolute atomic E-state index is 12.0. The van der Waals surface area contributed by atoms with Crippen LogP contribution in [-0.2, 0) is 4.79 Å². The summed E-state index contributed by atoms with van der Waals surface area (Å²) in [5, 5.41) is 0. The minimum atomic E-state index is 0.311. The third-order valence-corrected chi connectivity index (χ3v) is 4.84. The number of carbonyl (C=O) groups excluding carboxylic acids is 1. The first kappa shape index (κ1) is 14.8. The predicted octanol–water partition coefficient (Wildman–Crippen LogP) is 1.59. The van der Waals surface area contributed by atoms with Crippen LogP contribution in [0.2, 0.25) is 0 Å². The van der Waals surface area contributed by atoms with Gasteiger partial charge in [0.25, 0.3) is 0 Å². The molecule has 2 aliphatic rings. The first-order valence-electron chi connectivity index (χ1n) is 7.94. The van der Waals surface area contributed by atoms with Crippen LogP contribution in [0.1, 0.15) is 52.4 Å². The van der Waals surface area contributed by atoms with E-state index in [0.29, 0.717) is 30.5 Å². The fraction of sp³-hybridized carbons (Fsp3) is 0.933. The van der Waals surface area contributed by atoms with Crippen LogP contribution in [0, 0.1) is 0 Å². The third-order valence-electron chi connectivity index (χ3n) is 4.84. The van der Waals surface area contributed by atoms with Gasteiger partial charge >= 0.3 is 0 Å². The second kappa shape index (κ2) is 6.71. The van der Waals surface area contributed by atoms with Crippen LogP contribution in [0.15, 0.2) is 0 Å². The van der Waals surface area contributed by atoms with Gasteiger partial charge in [-0.15, -0.1) is 0 Å². The van der Waals surface area contributed by atoms with E-state index in [2.05, 4.69) is 4.90 Å². The summed E-state index contributed by atoms with van der Waals surface area (Å²) in [5.74, 6) is 0.311. The molecule has 0 aromatic heterocycles. The zero-order valence-corrected chi connectivity index (χ0v) is 12.5. The minimum absolute atomic E-state index is 0.311. The van der Waals surface area contributed by atoms with Crippen molar-refractivity contribution in [2.45, 2.75) is 70.5 Å². The number of rotatable bonds is 6. The van der Waals surface area contributed by atoms with Crippen molar-refractivity contribution < 1.29 is 4.79 Å². The van der Waals surface area contributed by atoms with Gasteiger partial charge in [0.1, 0.15) is 0 Å². The molecule has 1 amide bonds. The Morgan fingerprint density at radius 1 is 1.21 bits per heavy atom. The average Bonchev–Trinajstić information content (AvgIpc) is 2.63. The van der Waals surface area contributed by atoms with E-state index >= 15 is 0 Å². The molecule has 2 fully saturated rings. The smallest absolute Gasteiger partial charge is 0.222 e. The van der Waals surface area contributed by atoms with E-state index in [1.54, 1.807) is 0 Å². The lowest BCUT2D eigenvalue weighted by atomic mass is 9.98. The maximum atomic E-state index is 12.0. The Balaban J connectivity index is 1.73. The van der Waals surface area contributed by atoms with Crippen LogP contribution >= 0.6 is 0 Å². The van der Waals surface area contributed by atoms with E-state index in [9.17, 15) is 4.79 Å². The maximum Gasteiger partial charge on any atom is 0.222 e. The molecule has 2 aliphatic heterocycles. The second-order valence-corrected chi connectivity index (χ2v) is 6.02. The molecule has 2 unspecified atom stereocenters. The molecule has 19 heavy (non-hydrogen) atoms. The molecule has 2 heterocycles. The molecule has 2 N–H and O–H groups in total. The Labute approximate surface area is 117 Å². The van der Waals surface area contributed by atoms with Gasteiger partial charge in [0.15, 0.2) is 0 Å². The molecule has 0 aliphatic carbocycles. The zero-order chi connectivity index (χ0) is 13.8. The Kier molecular flexibility index (Phi) is 5.22. The van der Waals surface area contributed by atoms with Gasteiger partial charge in [-0.25, -0.2) is 0 Å². The quantitative estimate of drug-likeness (QED) is 0.795. The van der Waals surface area contributed by atoms with E-state index in [4.69, 9.17) is 5.73 Å². The summed E-state index contributed by atoms with van der Waals surface area (Å²) < 4.78 is 0. The molecule has 2 bridgehead atoms. The molecule has 0 radical (unpaired) electrons. The van der Waals surface area contributed by atoms with Crippen molar-refractivity contribution in [3.05, 3.63) is 0 Å². The molecule has 2 rings (SSSR count). The Morgan fingerprint density at radius 2 is 1.79 bits per heavy atom. The van der Waals surface area contributed by atoms with Crippen molar-refractivity contribution in [1.82, 2.24) is 9.80 Å². The van der Waals surface area contributed by atoms with Gasteiger partial charge in [0.2, 0.25) is 5.91 Å². The highest BCUT2D eigenvalue weighted by Gasteiger charge is 2.38. The zero-order valence-electron chi connectivity index (χ0n) is 12.5. The number of hydrogen-bond donors (Lipinski definition) is 1. The highest BCUT2D eigenvalue weighted by molar-refractivity contribution is 5.76. The van der Waals surface area contributed by atoms with E-state index < -0.39 is 0 Å². The second-order valence-electron chi connectivity index (χ2n) is 6.02. The fourth-order valence-corrected chi connectivity index (χ4v) is 3.83. The van der Waals surface area contributed by atoms with Crippen molar-refractivity contribution in [2.75, 3.05) is 19.6 Å². The monoisotopic (exact) mass is 267 g/mol. The summed E-state index contributed by atoms with van der Waals surface area (Å²) in [6, 6.07) is 1.79. The van der Waals surface area contributed by atoms with Gasteiger partial charge in [0, 0.05) is 37.6 Å². The SMILES string of the molecule is CCN(CC)C(=O)CCCN1C2CCC1CC(N)C2. The number of nitrogens with zero attached hydrogens (tertiary/aromatic N) is 2. The fourth-order valence-electron chi connectivity index (χ4n) is 3.83. The molecular formula is C15H29N3O. The molecule has 110 valence electrons. The van der Waals surface area contributed by atoms with Crippen LogP contribution in [-0.4, -0.2) is 53.5 Å². The standard InChI is InChI=1S/C15H29N3O/c1-3-17(4-2)15(19)6-5-9-18-13-7-8-14(18)11-12(16)10-13/h12-14H,3-11,16H2,1-2H3. The largest absolute Gasteiger partial charge is 0.343 e. The molecule has 0 spiro atoms. The summed E-state index contributed by atoms with van der Waals surface area (Å²) in [7, 11) is 0. The van der Waals surface area contributed by atoms with Gasteiger partial charge in [-0.2, -0.15) is 0 Å². The van der Waals surface area contributed by atoms with E-state index in [-0.39, 0.29) is 0 Å². The highest BCUT2D eigenvalue weighted by Crippen LogP contribution is 2.35. The van der Waals surface area contributed by atoms with E-state index in [0.717, 1.165) is 38.9 Å². The Bertz CT molecular complexity index is 290. The normalized spacial score (nSPS) is 30.6. The lowest BCUT2D eigenvalue weighted by molar-refractivity contribution is -0.131. The molecule has 2 saturated heterocycles. The first-order chi connectivity index (χ1) is 9.15. The lowest BCUT2D eigenvalue weighted by Crippen LogP contribution is -2.47. The third kappa shape index (κ3) is 3.48. The Morgan fingerprint density at radius 3 is 2.32 bits per heavy atom. The summed E-state index contributed by atoms with van der Waals surface area (Å²) in [6.07, 6.45) is 6.62. The summed E-state index contributed by atoms with van der Waals surface area (Å²) >= 11 is 0. The van der Waals surface area contributed by atoms with Gasteiger partial charge in [0.05, 0.1) is 0 Å². The van der Waals surface area contributed by atoms with Crippen LogP contribution in [0.4, 0.5) is 0 Å².